The highest BCUT2D eigenvalue weighted by molar-refractivity contribution is 8.00. The van der Waals surface area contributed by atoms with Crippen molar-refractivity contribution in [3.8, 4) is 5.69 Å². The van der Waals surface area contributed by atoms with E-state index in [9.17, 15) is 4.79 Å². The van der Waals surface area contributed by atoms with Gasteiger partial charge in [0.1, 0.15) is 11.6 Å². The molecular formula is C21H21ClN4OS. The predicted molar refractivity (Wildman–Crippen MR) is 112 cm³/mol. The van der Waals surface area contributed by atoms with Crippen molar-refractivity contribution < 1.29 is 4.79 Å². The van der Waals surface area contributed by atoms with E-state index in [-0.39, 0.29) is 11.2 Å². The fourth-order valence-electron chi connectivity index (χ4n) is 3.31. The lowest BCUT2D eigenvalue weighted by Gasteiger charge is -2.23. The summed E-state index contributed by atoms with van der Waals surface area (Å²) in [6.45, 7) is 3.61. The zero-order chi connectivity index (χ0) is 19.5. The Morgan fingerprint density at radius 2 is 1.89 bits per heavy atom. The molecular weight excluding hydrogens is 392 g/mol. The Kier molecular flexibility index (Phi) is 5.69. The second kappa shape index (κ2) is 8.37. The van der Waals surface area contributed by atoms with Crippen LogP contribution in [0.2, 0.25) is 5.02 Å². The van der Waals surface area contributed by atoms with Crippen molar-refractivity contribution in [2.75, 3.05) is 13.1 Å². The van der Waals surface area contributed by atoms with Crippen LogP contribution >= 0.6 is 23.4 Å². The molecule has 0 aliphatic carbocycles. The van der Waals surface area contributed by atoms with E-state index in [1.165, 1.54) is 11.8 Å². The molecule has 1 atom stereocenters. The van der Waals surface area contributed by atoms with Gasteiger partial charge in [-0.25, -0.2) is 0 Å². The minimum Gasteiger partial charge on any atom is -0.341 e. The van der Waals surface area contributed by atoms with Crippen LogP contribution in [-0.2, 0) is 4.79 Å². The Labute approximate surface area is 173 Å². The van der Waals surface area contributed by atoms with Crippen LogP contribution in [-0.4, -0.2) is 38.7 Å². The molecule has 1 aliphatic rings. The first kappa shape index (κ1) is 19.0. The highest BCUT2D eigenvalue weighted by atomic mass is 35.5. The Balaban J connectivity index is 1.67. The van der Waals surface area contributed by atoms with E-state index in [0.29, 0.717) is 10.2 Å². The summed E-state index contributed by atoms with van der Waals surface area (Å²) in [4.78, 5) is 15.2. The van der Waals surface area contributed by atoms with Gasteiger partial charge in [-0.05, 0) is 43.0 Å². The van der Waals surface area contributed by atoms with Gasteiger partial charge in [-0.3, -0.25) is 9.36 Å². The molecule has 28 heavy (non-hydrogen) atoms. The maximum absolute atomic E-state index is 13.2. The third kappa shape index (κ3) is 3.93. The van der Waals surface area contributed by atoms with Crippen LogP contribution < -0.4 is 0 Å². The van der Waals surface area contributed by atoms with Crippen LogP contribution in [0.4, 0.5) is 0 Å². The van der Waals surface area contributed by atoms with Gasteiger partial charge >= 0.3 is 0 Å². The van der Waals surface area contributed by atoms with Gasteiger partial charge < -0.3 is 4.90 Å². The predicted octanol–water partition coefficient (Wildman–Crippen LogP) is 4.68. The topological polar surface area (TPSA) is 51.0 Å². The first-order chi connectivity index (χ1) is 13.6. The summed E-state index contributed by atoms with van der Waals surface area (Å²) >= 11 is 7.73. The average molecular weight is 413 g/mol. The number of thioether (sulfide) groups is 1. The van der Waals surface area contributed by atoms with Crippen LogP contribution in [0.25, 0.3) is 5.69 Å². The third-order valence-corrected chi connectivity index (χ3v) is 6.52. The second-order valence-electron chi connectivity index (χ2n) is 6.86. The van der Waals surface area contributed by atoms with Gasteiger partial charge in [-0.15, -0.1) is 10.2 Å². The minimum absolute atomic E-state index is 0.130. The molecule has 1 saturated heterocycles. The highest BCUT2D eigenvalue weighted by Gasteiger charge is 2.30. The molecule has 5 nitrogen and oxygen atoms in total. The van der Waals surface area contributed by atoms with E-state index >= 15 is 0 Å². The van der Waals surface area contributed by atoms with Crippen molar-refractivity contribution in [2.45, 2.75) is 30.2 Å². The summed E-state index contributed by atoms with van der Waals surface area (Å²) in [5, 5.41) is 9.36. The molecule has 3 aromatic rings. The van der Waals surface area contributed by atoms with Gasteiger partial charge in [0.05, 0.1) is 5.69 Å². The molecule has 1 amide bonds. The summed E-state index contributed by atoms with van der Waals surface area (Å²) in [5.74, 6) is 0.130. The molecule has 2 aromatic carbocycles. The first-order valence-corrected chi connectivity index (χ1v) is 10.6. The maximum Gasteiger partial charge on any atom is 0.240 e. The van der Waals surface area contributed by atoms with E-state index in [4.69, 9.17) is 11.6 Å². The van der Waals surface area contributed by atoms with Crippen molar-refractivity contribution in [1.82, 2.24) is 19.7 Å². The monoisotopic (exact) mass is 412 g/mol. The van der Waals surface area contributed by atoms with Gasteiger partial charge in [0.15, 0.2) is 5.16 Å². The van der Waals surface area contributed by atoms with E-state index in [1.54, 1.807) is 6.33 Å². The Bertz CT molecular complexity index is 970. The smallest absolute Gasteiger partial charge is 0.240 e. The summed E-state index contributed by atoms with van der Waals surface area (Å²) in [6.07, 6.45) is 3.79. The van der Waals surface area contributed by atoms with Crippen molar-refractivity contribution in [2.24, 2.45) is 0 Å². The molecule has 2 heterocycles. The number of aryl methyl sites for hydroxylation is 1. The summed E-state index contributed by atoms with van der Waals surface area (Å²) in [6, 6.07) is 15.7. The van der Waals surface area contributed by atoms with E-state index < -0.39 is 0 Å². The number of hydrogen-bond donors (Lipinski definition) is 0. The SMILES string of the molecule is Cc1ccc(-n2cnnc2S[C@@H](C(=O)N2CCCC2)c2ccccc2)cc1Cl. The van der Waals surface area contributed by atoms with Gasteiger partial charge in [0, 0.05) is 18.1 Å². The summed E-state index contributed by atoms with van der Waals surface area (Å²) < 4.78 is 1.88. The number of likely N-dealkylation sites (tertiary alicyclic amines) is 1. The normalized spacial score (nSPS) is 15.0. The molecule has 1 aromatic heterocycles. The molecule has 144 valence electrons. The number of benzene rings is 2. The molecule has 0 saturated carbocycles. The van der Waals surface area contributed by atoms with E-state index in [0.717, 1.165) is 42.7 Å². The lowest BCUT2D eigenvalue weighted by Crippen LogP contribution is -2.31. The molecule has 0 N–H and O–H groups in total. The van der Waals surface area contributed by atoms with Crippen LogP contribution in [0.15, 0.2) is 60.0 Å². The number of hydrogen-bond acceptors (Lipinski definition) is 4. The molecule has 0 bridgehead atoms. The lowest BCUT2D eigenvalue weighted by atomic mass is 10.1. The van der Waals surface area contributed by atoms with Crippen molar-refractivity contribution in [1.29, 1.82) is 0 Å². The fraction of sp³-hybridized carbons (Fsp3) is 0.286. The summed E-state index contributed by atoms with van der Waals surface area (Å²) in [5.41, 5.74) is 2.86. The van der Waals surface area contributed by atoms with Crippen LogP contribution in [0.3, 0.4) is 0 Å². The second-order valence-corrected chi connectivity index (χ2v) is 8.34. The quantitative estimate of drug-likeness (QED) is 0.570. The van der Waals surface area contributed by atoms with Gasteiger partial charge in [0.2, 0.25) is 5.91 Å². The molecule has 1 fully saturated rings. The molecule has 4 rings (SSSR count). The number of rotatable bonds is 5. The molecule has 0 radical (unpaired) electrons. The van der Waals surface area contributed by atoms with Crippen molar-refractivity contribution >= 4 is 29.3 Å². The van der Waals surface area contributed by atoms with Gasteiger partial charge in [-0.1, -0.05) is 59.8 Å². The Morgan fingerprint density at radius 1 is 1.14 bits per heavy atom. The first-order valence-electron chi connectivity index (χ1n) is 9.30. The number of carbonyl (C=O) groups excluding carboxylic acids is 1. The van der Waals surface area contributed by atoms with Crippen LogP contribution in [0.5, 0.6) is 0 Å². The molecule has 0 unspecified atom stereocenters. The van der Waals surface area contributed by atoms with Crippen LogP contribution in [0, 0.1) is 6.92 Å². The lowest BCUT2D eigenvalue weighted by molar-refractivity contribution is -0.129. The number of halogens is 1. The maximum atomic E-state index is 13.2. The highest BCUT2D eigenvalue weighted by Crippen LogP contribution is 2.37. The van der Waals surface area contributed by atoms with E-state index in [1.807, 2.05) is 64.9 Å². The zero-order valence-electron chi connectivity index (χ0n) is 15.6. The third-order valence-electron chi connectivity index (χ3n) is 4.92. The Morgan fingerprint density at radius 3 is 2.61 bits per heavy atom. The van der Waals surface area contributed by atoms with E-state index in [2.05, 4.69) is 10.2 Å². The van der Waals surface area contributed by atoms with Gasteiger partial charge in [0.25, 0.3) is 0 Å². The largest absolute Gasteiger partial charge is 0.341 e. The molecule has 0 spiro atoms. The van der Waals surface area contributed by atoms with Gasteiger partial charge in [-0.2, -0.15) is 0 Å². The van der Waals surface area contributed by atoms with Crippen molar-refractivity contribution in [3.05, 3.63) is 71.0 Å². The fourth-order valence-corrected chi connectivity index (χ4v) is 4.60. The summed E-state index contributed by atoms with van der Waals surface area (Å²) in [7, 11) is 0. The number of carbonyl (C=O) groups is 1. The number of amides is 1. The Hall–Kier alpha value is -2.31. The van der Waals surface area contributed by atoms with Crippen molar-refractivity contribution in [3.63, 3.8) is 0 Å². The standard InChI is InChI=1S/C21H21ClN4OS/c1-15-9-10-17(13-18(15)22)26-14-23-24-21(26)28-19(16-7-3-2-4-8-16)20(27)25-11-5-6-12-25/h2-4,7-10,13-14,19H,5-6,11-12H2,1H3/t19-/m1/s1. The molecule has 1 aliphatic heterocycles. The average Bonchev–Trinajstić information content (AvgIpc) is 3.40. The van der Waals surface area contributed by atoms with Crippen LogP contribution in [0.1, 0.15) is 29.2 Å². The minimum atomic E-state index is -0.358. The number of nitrogens with zero attached hydrogens (tertiary/aromatic N) is 4. The zero-order valence-corrected chi connectivity index (χ0v) is 17.2. The number of aromatic nitrogens is 3. The molecule has 7 heteroatoms.